The minimum Gasteiger partial charge on any atom is -0.417 e. The van der Waals surface area contributed by atoms with E-state index in [2.05, 4.69) is 137 Å². The topological polar surface area (TPSA) is 61.7 Å². The van der Waals surface area contributed by atoms with Crippen molar-refractivity contribution in [2.24, 2.45) is 0 Å². The van der Waals surface area contributed by atoms with Crippen LogP contribution >= 0.6 is 0 Å². The first kappa shape index (κ1) is 31.5. The van der Waals surface area contributed by atoms with Crippen LogP contribution in [0.4, 0.5) is 0 Å². The summed E-state index contributed by atoms with van der Waals surface area (Å²) in [6, 6.07) is 66.0. The summed E-state index contributed by atoms with van der Waals surface area (Å²) in [5.41, 5.74) is 10.7. The van der Waals surface area contributed by atoms with E-state index >= 15 is 0 Å². The summed E-state index contributed by atoms with van der Waals surface area (Å²) >= 11 is 0. The first-order valence-corrected chi connectivity index (χ1v) is 19.1. The smallest absolute Gasteiger partial charge is 0.253 e. The highest BCUT2D eigenvalue weighted by Gasteiger charge is 2.23. The van der Waals surface area contributed by atoms with Crippen LogP contribution in [-0.2, 0) is 0 Å². The Kier molecular flexibility index (Phi) is 6.83. The number of oxazole rings is 1. The second-order valence-electron chi connectivity index (χ2n) is 14.4. The third kappa shape index (κ3) is 4.87. The molecule has 0 bridgehead atoms. The number of hydrogen-bond acceptors (Lipinski definition) is 4. The molecule has 0 aliphatic rings. The number of nitrogens with zero attached hydrogens (tertiary/aromatic N) is 5. The van der Waals surface area contributed by atoms with Crippen molar-refractivity contribution in [3.63, 3.8) is 0 Å². The zero-order valence-electron chi connectivity index (χ0n) is 30.5. The van der Waals surface area contributed by atoms with Gasteiger partial charge in [0.2, 0.25) is 5.89 Å². The van der Waals surface area contributed by atoms with Gasteiger partial charge in [-0.2, -0.15) is 4.98 Å². The van der Waals surface area contributed by atoms with Crippen molar-refractivity contribution in [2.75, 3.05) is 0 Å². The van der Waals surface area contributed by atoms with Gasteiger partial charge in [0.15, 0.2) is 17.2 Å². The van der Waals surface area contributed by atoms with E-state index in [4.69, 9.17) is 19.4 Å². The van der Waals surface area contributed by atoms with E-state index in [9.17, 15) is 0 Å². The van der Waals surface area contributed by atoms with Gasteiger partial charge in [0.1, 0.15) is 0 Å². The molecule has 4 aromatic heterocycles. The molecule has 0 N–H and O–H groups in total. The Morgan fingerprint density at radius 3 is 1.75 bits per heavy atom. The molecule has 0 spiro atoms. The van der Waals surface area contributed by atoms with E-state index in [0.29, 0.717) is 28.8 Å². The van der Waals surface area contributed by atoms with Gasteiger partial charge >= 0.3 is 0 Å². The molecule has 12 aromatic rings. The highest BCUT2D eigenvalue weighted by Crippen LogP contribution is 2.41. The lowest BCUT2D eigenvalue weighted by atomic mass is 9.99. The molecule has 0 fully saturated rings. The third-order valence-electron chi connectivity index (χ3n) is 11.2. The van der Waals surface area contributed by atoms with Gasteiger partial charge < -0.3 is 8.98 Å². The van der Waals surface area contributed by atoms with Crippen molar-refractivity contribution in [3.8, 4) is 45.5 Å². The maximum Gasteiger partial charge on any atom is 0.253 e. The van der Waals surface area contributed by atoms with Gasteiger partial charge in [0, 0.05) is 38.4 Å². The summed E-state index contributed by atoms with van der Waals surface area (Å²) in [6.07, 6.45) is 0. The van der Waals surface area contributed by atoms with Gasteiger partial charge in [-0.05, 0) is 82.6 Å². The van der Waals surface area contributed by atoms with Crippen LogP contribution in [0, 0.1) is 0 Å². The summed E-state index contributed by atoms with van der Waals surface area (Å²) in [7, 11) is 0. The summed E-state index contributed by atoms with van der Waals surface area (Å²) in [4.78, 5) is 15.3. The van der Waals surface area contributed by atoms with Crippen LogP contribution in [0.5, 0.6) is 0 Å². The third-order valence-corrected chi connectivity index (χ3v) is 11.2. The molecule has 0 atom stereocenters. The predicted octanol–water partition coefficient (Wildman–Crippen LogP) is 13.0. The zero-order chi connectivity index (χ0) is 37.5. The minimum atomic E-state index is 0.438. The molecule has 4 heterocycles. The SMILES string of the molecule is c1ccc(-c2nc(-n3c4ccc(-c5ccc6c(c5)c5ccccc5n6-c5ccccc5)cc4c4c5ccccc5ccc43)c3nc(-c4ccccc4)oc3n2)cc1. The second-order valence-corrected chi connectivity index (χ2v) is 14.4. The maximum absolute atomic E-state index is 6.44. The molecular weight excluding hydrogens is 699 g/mol. The lowest BCUT2D eigenvalue weighted by Gasteiger charge is -2.10. The van der Waals surface area contributed by atoms with E-state index < -0.39 is 0 Å². The molecule has 0 unspecified atom stereocenters. The molecule has 0 radical (unpaired) electrons. The monoisotopic (exact) mass is 729 g/mol. The number of rotatable bonds is 5. The average molecular weight is 730 g/mol. The first-order chi connectivity index (χ1) is 28.3. The van der Waals surface area contributed by atoms with Gasteiger partial charge in [-0.25, -0.2) is 9.97 Å². The maximum atomic E-state index is 6.44. The van der Waals surface area contributed by atoms with E-state index in [1.54, 1.807) is 0 Å². The van der Waals surface area contributed by atoms with Crippen LogP contribution in [0.15, 0.2) is 192 Å². The van der Waals surface area contributed by atoms with Gasteiger partial charge in [0.25, 0.3) is 5.71 Å². The minimum absolute atomic E-state index is 0.438. The normalized spacial score (nSPS) is 11.9. The molecule has 8 aromatic carbocycles. The Morgan fingerprint density at radius 1 is 0.386 bits per heavy atom. The molecule has 0 aliphatic heterocycles. The molecule has 266 valence electrons. The second kappa shape index (κ2) is 12.3. The molecule has 12 rings (SSSR count). The molecule has 6 heteroatoms. The lowest BCUT2D eigenvalue weighted by molar-refractivity contribution is 0.607. The van der Waals surface area contributed by atoms with Crippen molar-refractivity contribution in [3.05, 3.63) is 188 Å². The summed E-state index contributed by atoms with van der Waals surface area (Å²) in [5, 5.41) is 7.09. The van der Waals surface area contributed by atoms with Crippen molar-refractivity contribution in [1.82, 2.24) is 24.1 Å². The Labute approximate surface area is 326 Å². The van der Waals surface area contributed by atoms with E-state index in [1.807, 2.05) is 60.7 Å². The number of fused-ring (bicyclic) bond motifs is 9. The Morgan fingerprint density at radius 2 is 0.982 bits per heavy atom. The van der Waals surface area contributed by atoms with E-state index in [-0.39, 0.29) is 0 Å². The van der Waals surface area contributed by atoms with Crippen LogP contribution in [0.25, 0.3) is 111 Å². The first-order valence-electron chi connectivity index (χ1n) is 19.1. The van der Waals surface area contributed by atoms with Crippen molar-refractivity contribution >= 4 is 65.6 Å². The highest BCUT2D eigenvalue weighted by molar-refractivity contribution is 6.22. The average Bonchev–Trinajstić information content (AvgIpc) is 3.97. The standard InChI is InChI=1S/C51H31N5O/c1-4-15-33(16-5-1)48-53-49(47-51(54-48)57-50(52-47)34-17-6-2-7-18-34)56-44-28-26-36(31-41(44)46-38-21-11-10-14-32(38)24-29-45(46)56)35-25-27-43-40(30-35)39-22-12-13-23-42(39)55(43)37-19-8-3-9-20-37/h1-31H. The molecule has 0 amide bonds. The van der Waals surface area contributed by atoms with Crippen molar-refractivity contribution in [2.45, 2.75) is 0 Å². The summed E-state index contributed by atoms with van der Waals surface area (Å²) < 4.78 is 11.0. The van der Waals surface area contributed by atoms with Crippen LogP contribution in [-0.4, -0.2) is 24.1 Å². The Bertz CT molecular complexity index is 3510. The molecular formula is C51H31N5O. The highest BCUT2D eigenvalue weighted by atomic mass is 16.4. The van der Waals surface area contributed by atoms with Gasteiger partial charge in [-0.3, -0.25) is 4.57 Å². The number of hydrogen-bond donors (Lipinski definition) is 0. The summed E-state index contributed by atoms with van der Waals surface area (Å²) in [6.45, 7) is 0. The van der Waals surface area contributed by atoms with Crippen molar-refractivity contribution < 1.29 is 4.42 Å². The number of benzene rings is 8. The van der Waals surface area contributed by atoms with E-state index in [1.165, 1.54) is 32.6 Å². The van der Waals surface area contributed by atoms with Crippen LogP contribution in [0.2, 0.25) is 0 Å². The molecule has 6 nitrogen and oxygen atoms in total. The quantitative estimate of drug-likeness (QED) is 0.177. The molecule has 0 saturated heterocycles. The zero-order valence-corrected chi connectivity index (χ0v) is 30.5. The van der Waals surface area contributed by atoms with Crippen LogP contribution in [0.3, 0.4) is 0 Å². The number of aromatic nitrogens is 5. The fraction of sp³-hybridized carbons (Fsp3) is 0. The van der Waals surface area contributed by atoms with Gasteiger partial charge in [-0.15, -0.1) is 0 Å². The fourth-order valence-electron chi connectivity index (χ4n) is 8.59. The molecule has 0 aliphatic carbocycles. The van der Waals surface area contributed by atoms with Gasteiger partial charge in [0.05, 0.1) is 22.1 Å². The lowest BCUT2D eigenvalue weighted by Crippen LogP contribution is -2.02. The van der Waals surface area contributed by atoms with Gasteiger partial charge in [-0.1, -0.05) is 127 Å². The van der Waals surface area contributed by atoms with Crippen molar-refractivity contribution in [1.29, 1.82) is 0 Å². The fourth-order valence-corrected chi connectivity index (χ4v) is 8.59. The van der Waals surface area contributed by atoms with E-state index in [0.717, 1.165) is 49.7 Å². The predicted molar refractivity (Wildman–Crippen MR) is 232 cm³/mol. The Balaban J connectivity index is 1.13. The summed E-state index contributed by atoms with van der Waals surface area (Å²) in [5.74, 6) is 1.75. The Hall–Kier alpha value is -7.83. The molecule has 0 saturated carbocycles. The molecule has 57 heavy (non-hydrogen) atoms. The van der Waals surface area contributed by atoms with Crippen LogP contribution < -0.4 is 0 Å². The number of para-hydroxylation sites is 2. The largest absolute Gasteiger partial charge is 0.417 e. The van der Waals surface area contributed by atoms with Crippen LogP contribution in [0.1, 0.15) is 0 Å².